The van der Waals surface area contributed by atoms with Crippen LogP contribution in [0.4, 0.5) is 0 Å². The van der Waals surface area contributed by atoms with Gasteiger partial charge in [0.25, 0.3) is 16.1 Å². The molecule has 0 spiro atoms. The normalized spacial score (nSPS) is 17.2. The van der Waals surface area contributed by atoms with E-state index in [-0.39, 0.29) is 11.9 Å². The van der Waals surface area contributed by atoms with Crippen molar-refractivity contribution < 1.29 is 13.2 Å². The van der Waals surface area contributed by atoms with E-state index < -0.39 is 10.2 Å². The first-order chi connectivity index (χ1) is 9.90. The fourth-order valence-corrected chi connectivity index (χ4v) is 3.06. The van der Waals surface area contributed by atoms with Crippen molar-refractivity contribution in [2.24, 2.45) is 0 Å². The molecule has 1 aliphatic heterocycles. The number of carbonyl (C=O) groups is 1. The molecule has 1 aromatic rings. The van der Waals surface area contributed by atoms with Crippen molar-refractivity contribution in [1.29, 1.82) is 0 Å². The Bertz CT molecular complexity index is 581. The van der Waals surface area contributed by atoms with Crippen molar-refractivity contribution in [3.8, 4) is 0 Å². The van der Waals surface area contributed by atoms with Crippen LogP contribution < -0.4 is 4.72 Å². The van der Waals surface area contributed by atoms with E-state index in [9.17, 15) is 13.2 Å². The minimum absolute atomic E-state index is 0.0583. The van der Waals surface area contributed by atoms with Crippen LogP contribution in [-0.4, -0.2) is 61.7 Å². The molecule has 0 bridgehead atoms. The lowest BCUT2D eigenvalue weighted by molar-refractivity contribution is 0.0710. The Kier molecular flexibility index (Phi) is 4.92. The smallest absolute Gasteiger partial charge is 0.279 e. The van der Waals surface area contributed by atoms with Gasteiger partial charge in [-0.05, 0) is 25.0 Å². The van der Waals surface area contributed by atoms with E-state index >= 15 is 0 Å². The monoisotopic (exact) mass is 312 g/mol. The lowest BCUT2D eigenvalue weighted by atomic mass is 10.1. The molecule has 8 heteroatoms. The van der Waals surface area contributed by atoms with Crippen molar-refractivity contribution in [2.45, 2.75) is 18.9 Å². The molecule has 1 amide bonds. The van der Waals surface area contributed by atoms with Gasteiger partial charge in [-0.15, -0.1) is 0 Å². The molecule has 0 unspecified atom stereocenters. The van der Waals surface area contributed by atoms with Crippen LogP contribution in [0.15, 0.2) is 24.5 Å². The number of nitrogens with one attached hydrogen (secondary N) is 1. The van der Waals surface area contributed by atoms with Gasteiger partial charge in [-0.1, -0.05) is 0 Å². The predicted molar refractivity (Wildman–Crippen MR) is 78.9 cm³/mol. The van der Waals surface area contributed by atoms with E-state index in [0.29, 0.717) is 31.5 Å². The van der Waals surface area contributed by atoms with Gasteiger partial charge in [-0.2, -0.15) is 17.4 Å². The summed E-state index contributed by atoms with van der Waals surface area (Å²) in [6, 6.07) is 3.33. The highest BCUT2D eigenvalue weighted by atomic mass is 32.2. The Hall–Kier alpha value is -1.51. The summed E-state index contributed by atoms with van der Waals surface area (Å²) in [5.74, 6) is -0.0583. The number of likely N-dealkylation sites (tertiary alicyclic amines) is 1. The zero-order valence-corrected chi connectivity index (χ0v) is 13.0. The van der Waals surface area contributed by atoms with Gasteiger partial charge in [0.1, 0.15) is 0 Å². The molecule has 0 aliphatic carbocycles. The topological polar surface area (TPSA) is 82.6 Å². The lowest BCUT2D eigenvalue weighted by Gasteiger charge is -2.32. The molecular formula is C13H20N4O3S. The Labute approximate surface area is 125 Å². The summed E-state index contributed by atoms with van der Waals surface area (Å²) in [5, 5.41) is 0. The van der Waals surface area contributed by atoms with Gasteiger partial charge >= 0.3 is 0 Å². The zero-order valence-electron chi connectivity index (χ0n) is 12.2. The maximum absolute atomic E-state index is 12.2. The van der Waals surface area contributed by atoms with Crippen LogP contribution in [0.3, 0.4) is 0 Å². The average Bonchev–Trinajstić information content (AvgIpc) is 2.48. The molecule has 2 rings (SSSR count). The molecule has 0 atom stereocenters. The molecule has 116 valence electrons. The quantitative estimate of drug-likeness (QED) is 0.854. The van der Waals surface area contributed by atoms with Crippen LogP contribution in [0.1, 0.15) is 23.2 Å². The van der Waals surface area contributed by atoms with Gasteiger partial charge in [-0.3, -0.25) is 9.78 Å². The number of piperidine rings is 1. The zero-order chi connectivity index (χ0) is 15.5. The second-order valence-corrected chi connectivity index (χ2v) is 7.13. The lowest BCUT2D eigenvalue weighted by Crippen LogP contribution is -2.49. The molecule has 1 aliphatic rings. The van der Waals surface area contributed by atoms with E-state index in [2.05, 4.69) is 9.71 Å². The van der Waals surface area contributed by atoms with Crippen LogP contribution in [0.25, 0.3) is 0 Å². The van der Waals surface area contributed by atoms with Gasteiger partial charge in [0.15, 0.2) is 0 Å². The maximum atomic E-state index is 12.2. The Morgan fingerprint density at radius 1 is 1.38 bits per heavy atom. The third-order valence-electron chi connectivity index (χ3n) is 3.49. The minimum atomic E-state index is -3.42. The summed E-state index contributed by atoms with van der Waals surface area (Å²) in [6.45, 7) is 1.07. The van der Waals surface area contributed by atoms with Crippen LogP contribution in [0, 0.1) is 0 Å². The van der Waals surface area contributed by atoms with Crippen LogP contribution in [0.2, 0.25) is 0 Å². The molecule has 1 aromatic heterocycles. The van der Waals surface area contributed by atoms with Gasteiger partial charge in [-0.25, -0.2) is 0 Å². The fourth-order valence-electron chi connectivity index (χ4n) is 2.19. The van der Waals surface area contributed by atoms with Crippen molar-refractivity contribution in [1.82, 2.24) is 18.9 Å². The third-order valence-corrected chi connectivity index (χ3v) is 5.08. The van der Waals surface area contributed by atoms with Gasteiger partial charge in [0.2, 0.25) is 0 Å². The van der Waals surface area contributed by atoms with E-state index in [0.717, 1.165) is 4.31 Å². The van der Waals surface area contributed by atoms with E-state index in [1.807, 2.05) is 0 Å². The highest BCUT2D eigenvalue weighted by molar-refractivity contribution is 7.87. The molecule has 0 radical (unpaired) electrons. The number of hydrogen-bond donors (Lipinski definition) is 1. The number of amides is 1. The van der Waals surface area contributed by atoms with Gasteiger partial charge in [0.05, 0.1) is 5.56 Å². The van der Waals surface area contributed by atoms with Crippen LogP contribution in [-0.2, 0) is 10.2 Å². The standard InChI is InChI=1S/C13H20N4O3S/c1-16(2)21(19,20)15-12-5-8-17(9-6-12)13(18)11-4-3-7-14-10-11/h3-4,7,10,12,15H,5-6,8-9H2,1-2H3. The van der Waals surface area contributed by atoms with Crippen molar-refractivity contribution in [3.05, 3.63) is 30.1 Å². The van der Waals surface area contributed by atoms with Crippen molar-refractivity contribution >= 4 is 16.1 Å². The van der Waals surface area contributed by atoms with Gasteiger partial charge in [0, 0.05) is 45.6 Å². The maximum Gasteiger partial charge on any atom is 0.279 e. The van der Waals surface area contributed by atoms with Gasteiger partial charge < -0.3 is 4.90 Å². The molecule has 7 nitrogen and oxygen atoms in total. The first-order valence-corrected chi connectivity index (χ1v) is 8.23. The molecule has 1 fully saturated rings. The largest absolute Gasteiger partial charge is 0.338 e. The minimum Gasteiger partial charge on any atom is -0.338 e. The number of hydrogen-bond acceptors (Lipinski definition) is 4. The molecule has 21 heavy (non-hydrogen) atoms. The summed E-state index contributed by atoms with van der Waals surface area (Å²) in [4.78, 5) is 17.9. The number of nitrogens with zero attached hydrogens (tertiary/aromatic N) is 3. The van der Waals surface area contributed by atoms with Crippen LogP contribution >= 0.6 is 0 Å². The molecule has 1 saturated heterocycles. The van der Waals surface area contributed by atoms with Crippen LogP contribution in [0.5, 0.6) is 0 Å². The second kappa shape index (κ2) is 6.50. The number of carbonyl (C=O) groups excluding carboxylic acids is 1. The highest BCUT2D eigenvalue weighted by Gasteiger charge is 2.27. The Morgan fingerprint density at radius 2 is 2.05 bits per heavy atom. The predicted octanol–water partition coefficient (Wildman–Crippen LogP) is 0.0822. The SMILES string of the molecule is CN(C)S(=O)(=O)NC1CCN(C(=O)c2cccnc2)CC1. The summed E-state index contributed by atoms with van der Waals surface area (Å²) < 4.78 is 27.3. The first kappa shape index (κ1) is 15.9. The van der Waals surface area contributed by atoms with E-state index in [1.54, 1.807) is 29.4 Å². The Balaban J connectivity index is 1.91. The Morgan fingerprint density at radius 3 is 2.57 bits per heavy atom. The molecule has 0 aromatic carbocycles. The summed E-state index contributed by atoms with van der Waals surface area (Å²) in [6.07, 6.45) is 4.39. The number of rotatable bonds is 4. The third kappa shape index (κ3) is 3.99. The molecule has 1 N–H and O–H groups in total. The summed E-state index contributed by atoms with van der Waals surface area (Å²) in [7, 11) is -0.439. The van der Waals surface area contributed by atoms with Crippen molar-refractivity contribution in [3.63, 3.8) is 0 Å². The number of aromatic nitrogens is 1. The average molecular weight is 312 g/mol. The second-order valence-electron chi connectivity index (χ2n) is 5.21. The number of pyridine rings is 1. The van der Waals surface area contributed by atoms with Crippen molar-refractivity contribution in [2.75, 3.05) is 27.2 Å². The van der Waals surface area contributed by atoms with E-state index in [4.69, 9.17) is 0 Å². The van der Waals surface area contributed by atoms with E-state index in [1.165, 1.54) is 14.1 Å². The summed E-state index contributed by atoms with van der Waals surface area (Å²) >= 11 is 0. The fraction of sp³-hybridized carbons (Fsp3) is 0.538. The molecule has 0 saturated carbocycles. The highest BCUT2D eigenvalue weighted by Crippen LogP contribution is 2.14. The molecular weight excluding hydrogens is 292 g/mol. The molecule has 2 heterocycles. The summed E-state index contributed by atoms with van der Waals surface area (Å²) in [5.41, 5.74) is 0.560. The first-order valence-electron chi connectivity index (χ1n) is 6.79.